The first kappa shape index (κ1) is 21.8. The van der Waals surface area contributed by atoms with E-state index in [1.165, 1.54) is 0 Å². The van der Waals surface area contributed by atoms with E-state index in [4.69, 9.17) is 4.74 Å². The van der Waals surface area contributed by atoms with Crippen LogP contribution in [-0.4, -0.2) is 10.9 Å². The molecular formula is C26H25N3O2. The van der Waals surface area contributed by atoms with Crippen LogP contribution in [0.3, 0.4) is 0 Å². The number of para-hydroxylation sites is 1. The van der Waals surface area contributed by atoms with Gasteiger partial charge in [-0.2, -0.15) is 5.26 Å². The molecule has 1 amide bonds. The number of carbonyl (C=O) groups is 1. The minimum Gasteiger partial charge on any atom is -0.487 e. The molecule has 1 heterocycles. The molecule has 0 bridgehead atoms. The summed E-state index contributed by atoms with van der Waals surface area (Å²) in [5.74, 6) is 0.354. The number of nitrogens with one attached hydrogen (secondary N) is 1. The molecule has 0 saturated heterocycles. The Labute approximate surface area is 183 Å². The fourth-order valence-corrected chi connectivity index (χ4v) is 3.43. The number of nitriles is 1. The normalized spacial score (nSPS) is 11.0. The molecule has 0 fully saturated rings. The van der Waals surface area contributed by atoms with E-state index in [-0.39, 0.29) is 5.57 Å². The quantitative estimate of drug-likeness (QED) is 0.433. The van der Waals surface area contributed by atoms with E-state index < -0.39 is 5.91 Å². The summed E-state index contributed by atoms with van der Waals surface area (Å²) in [7, 11) is 0. The SMILES string of the molecule is Cc1cccc(C)c1NC(=O)/C(C#N)=C/c1cc(C)c(OCc2ccccn2)c(C)c1. The number of ether oxygens (including phenoxy) is 1. The predicted molar refractivity (Wildman–Crippen MR) is 123 cm³/mol. The standard InChI is InChI=1S/C26H25N3O2/c1-17-8-7-9-18(2)24(17)29-26(30)22(15-27)14-21-12-19(3)25(20(4)13-21)31-16-23-10-5-6-11-28-23/h5-14H,16H2,1-4H3,(H,29,30)/b22-14+. The molecule has 0 saturated carbocycles. The largest absolute Gasteiger partial charge is 0.487 e. The van der Waals surface area contributed by atoms with Crippen molar-refractivity contribution in [2.45, 2.75) is 34.3 Å². The van der Waals surface area contributed by atoms with Gasteiger partial charge in [-0.1, -0.05) is 24.3 Å². The number of hydrogen-bond acceptors (Lipinski definition) is 4. The van der Waals surface area contributed by atoms with E-state index in [1.807, 2.05) is 82.3 Å². The highest BCUT2D eigenvalue weighted by atomic mass is 16.5. The van der Waals surface area contributed by atoms with E-state index in [9.17, 15) is 10.1 Å². The van der Waals surface area contributed by atoms with Crippen LogP contribution in [0.2, 0.25) is 0 Å². The van der Waals surface area contributed by atoms with Crippen LogP contribution in [0.4, 0.5) is 5.69 Å². The molecule has 3 rings (SSSR count). The molecule has 1 aromatic heterocycles. The Morgan fingerprint density at radius 1 is 1.03 bits per heavy atom. The topological polar surface area (TPSA) is 75.0 Å². The van der Waals surface area contributed by atoms with Crippen LogP contribution in [0.25, 0.3) is 6.08 Å². The van der Waals surface area contributed by atoms with E-state index in [2.05, 4.69) is 10.3 Å². The molecule has 0 atom stereocenters. The van der Waals surface area contributed by atoms with Gasteiger partial charge in [0.2, 0.25) is 0 Å². The lowest BCUT2D eigenvalue weighted by Crippen LogP contribution is -2.15. The van der Waals surface area contributed by atoms with Crippen LogP contribution in [0.15, 0.2) is 60.3 Å². The summed E-state index contributed by atoms with van der Waals surface area (Å²) < 4.78 is 5.97. The first-order chi connectivity index (χ1) is 14.9. The minimum absolute atomic E-state index is 0.0450. The second-order valence-electron chi connectivity index (χ2n) is 7.48. The van der Waals surface area contributed by atoms with Gasteiger partial charge in [-0.15, -0.1) is 0 Å². The Kier molecular flexibility index (Phi) is 6.84. The number of rotatable bonds is 6. The first-order valence-corrected chi connectivity index (χ1v) is 10.0. The minimum atomic E-state index is -0.425. The van der Waals surface area contributed by atoms with Crippen molar-refractivity contribution >= 4 is 17.7 Å². The van der Waals surface area contributed by atoms with Crippen molar-refractivity contribution < 1.29 is 9.53 Å². The molecule has 3 aromatic rings. The van der Waals surface area contributed by atoms with Gasteiger partial charge in [-0.25, -0.2) is 0 Å². The molecule has 0 aliphatic heterocycles. The molecule has 0 spiro atoms. The average Bonchev–Trinajstić information content (AvgIpc) is 2.74. The highest BCUT2D eigenvalue weighted by Gasteiger charge is 2.13. The third-order valence-electron chi connectivity index (χ3n) is 4.97. The van der Waals surface area contributed by atoms with Crippen molar-refractivity contribution in [3.63, 3.8) is 0 Å². The molecule has 0 aliphatic carbocycles. The van der Waals surface area contributed by atoms with Gasteiger partial charge in [0.15, 0.2) is 0 Å². The van der Waals surface area contributed by atoms with Crippen LogP contribution in [0.1, 0.15) is 33.5 Å². The summed E-state index contributed by atoms with van der Waals surface area (Å²) >= 11 is 0. The van der Waals surface area contributed by atoms with E-state index in [0.29, 0.717) is 6.61 Å². The summed E-state index contributed by atoms with van der Waals surface area (Å²) in [5, 5.41) is 12.4. The van der Waals surface area contributed by atoms with Crippen molar-refractivity contribution in [2.75, 3.05) is 5.32 Å². The number of carbonyl (C=O) groups excluding carboxylic acids is 1. The van der Waals surface area contributed by atoms with Gasteiger partial charge in [0, 0.05) is 11.9 Å². The summed E-state index contributed by atoms with van der Waals surface area (Å²) in [6, 6.07) is 17.3. The van der Waals surface area contributed by atoms with Crippen molar-refractivity contribution in [1.82, 2.24) is 4.98 Å². The third-order valence-corrected chi connectivity index (χ3v) is 4.97. The maximum Gasteiger partial charge on any atom is 0.266 e. The van der Waals surface area contributed by atoms with Crippen molar-refractivity contribution in [3.05, 3.63) is 93.8 Å². The number of aromatic nitrogens is 1. The lowest BCUT2D eigenvalue weighted by Gasteiger charge is -2.13. The van der Waals surface area contributed by atoms with Gasteiger partial charge in [0.1, 0.15) is 24.0 Å². The van der Waals surface area contributed by atoms with Gasteiger partial charge in [0.25, 0.3) is 5.91 Å². The van der Waals surface area contributed by atoms with Crippen LogP contribution in [0.5, 0.6) is 5.75 Å². The van der Waals surface area contributed by atoms with Gasteiger partial charge < -0.3 is 10.1 Å². The Morgan fingerprint density at radius 2 is 1.71 bits per heavy atom. The van der Waals surface area contributed by atoms with Gasteiger partial charge in [-0.05, 0) is 85.9 Å². The summed E-state index contributed by atoms with van der Waals surface area (Å²) in [5.41, 5.74) is 6.15. The van der Waals surface area contributed by atoms with Crippen molar-refractivity contribution in [2.24, 2.45) is 0 Å². The van der Waals surface area contributed by atoms with Gasteiger partial charge in [-0.3, -0.25) is 9.78 Å². The monoisotopic (exact) mass is 411 g/mol. The van der Waals surface area contributed by atoms with Crippen LogP contribution in [-0.2, 0) is 11.4 Å². The van der Waals surface area contributed by atoms with E-state index >= 15 is 0 Å². The van der Waals surface area contributed by atoms with Crippen molar-refractivity contribution in [3.8, 4) is 11.8 Å². The Morgan fingerprint density at radius 3 is 2.29 bits per heavy atom. The number of benzene rings is 2. The zero-order valence-electron chi connectivity index (χ0n) is 18.2. The van der Waals surface area contributed by atoms with E-state index in [0.717, 1.165) is 44.9 Å². The maximum absolute atomic E-state index is 12.7. The molecule has 5 heteroatoms. The maximum atomic E-state index is 12.7. The molecule has 0 aliphatic rings. The highest BCUT2D eigenvalue weighted by molar-refractivity contribution is 6.10. The van der Waals surface area contributed by atoms with E-state index in [1.54, 1.807) is 12.3 Å². The Balaban J connectivity index is 1.81. The number of amides is 1. The van der Waals surface area contributed by atoms with Crippen molar-refractivity contribution in [1.29, 1.82) is 5.26 Å². The summed E-state index contributed by atoms with van der Waals surface area (Å²) in [6.07, 6.45) is 3.34. The number of anilines is 1. The second kappa shape index (κ2) is 9.73. The smallest absolute Gasteiger partial charge is 0.266 e. The van der Waals surface area contributed by atoms with Crippen LogP contribution < -0.4 is 10.1 Å². The lowest BCUT2D eigenvalue weighted by atomic mass is 10.0. The Hall–Kier alpha value is -3.91. The number of nitrogens with zero attached hydrogens (tertiary/aromatic N) is 2. The first-order valence-electron chi connectivity index (χ1n) is 10.0. The predicted octanol–water partition coefficient (Wildman–Crippen LogP) is 5.44. The van der Waals surface area contributed by atoms with Crippen LogP contribution >= 0.6 is 0 Å². The van der Waals surface area contributed by atoms with Gasteiger partial charge >= 0.3 is 0 Å². The molecule has 1 N–H and O–H groups in total. The highest BCUT2D eigenvalue weighted by Crippen LogP contribution is 2.27. The zero-order valence-corrected chi connectivity index (χ0v) is 18.2. The molecule has 0 unspecified atom stereocenters. The molecular weight excluding hydrogens is 386 g/mol. The Bertz CT molecular complexity index is 1130. The number of pyridine rings is 1. The third kappa shape index (κ3) is 5.37. The number of hydrogen-bond donors (Lipinski definition) is 1. The second-order valence-corrected chi connectivity index (χ2v) is 7.48. The van der Waals surface area contributed by atoms with Gasteiger partial charge in [0.05, 0.1) is 5.69 Å². The summed E-state index contributed by atoms with van der Waals surface area (Å²) in [4.78, 5) is 17.0. The molecule has 156 valence electrons. The molecule has 0 radical (unpaired) electrons. The fourth-order valence-electron chi connectivity index (χ4n) is 3.43. The summed E-state index contributed by atoms with van der Waals surface area (Å²) in [6.45, 7) is 8.12. The molecule has 31 heavy (non-hydrogen) atoms. The zero-order chi connectivity index (χ0) is 22.4. The number of aryl methyl sites for hydroxylation is 4. The molecule has 5 nitrogen and oxygen atoms in total. The average molecular weight is 412 g/mol. The fraction of sp³-hybridized carbons (Fsp3) is 0.192. The molecule has 2 aromatic carbocycles. The lowest BCUT2D eigenvalue weighted by molar-refractivity contribution is -0.112. The van der Waals surface area contributed by atoms with Crippen LogP contribution in [0, 0.1) is 39.0 Å².